The number of carbonyl (C=O) groups is 1. The van der Waals surface area contributed by atoms with E-state index < -0.39 is 39.8 Å². The molecule has 0 aliphatic rings. The van der Waals surface area contributed by atoms with Crippen molar-refractivity contribution in [3.8, 4) is 0 Å². The zero-order chi connectivity index (χ0) is 16.9. The average Bonchev–Trinajstić information content (AvgIpc) is 2.49. The molecule has 0 radical (unpaired) electrons. The Hall–Kier alpha value is -1.74. The van der Waals surface area contributed by atoms with Gasteiger partial charge in [-0.1, -0.05) is 6.58 Å². The summed E-state index contributed by atoms with van der Waals surface area (Å²) < 4.78 is 60.7. The summed E-state index contributed by atoms with van der Waals surface area (Å²) in [6, 6.07) is 0. The first-order valence-electron chi connectivity index (χ1n) is 6.11. The Morgan fingerprint density at radius 1 is 1.23 bits per heavy atom. The maximum absolute atomic E-state index is 13.5. The number of ether oxygens (including phenoxy) is 1. The molecule has 0 spiro atoms. The van der Waals surface area contributed by atoms with Crippen molar-refractivity contribution in [2.45, 2.75) is 18.2 Å². The summed E-state index contributed by atoms with van der Waals surface area (Å²) in [6.45, 7) is 5.13. The van der Waals surface area contributed by atoms with Gasteiger partial charge in [0.05, 0.1) is 6.61 Å². The van der Waals surface area contributed by atoms with Crippen LogP contribution in [0.3, 0.4) is 0 Å². The molecule has 1 aromatic rings. The van der Waals surface area contributed by atoms with Crippen LogP contribution in [0.5, 0.6) is 0 Å². The molecular formula is C13H14F4N2O2S. The van der Waals surface area contributed by atoms with Gasteiger partial charge in [-0.2, -0.15) is 0 Å². The van der Waals surface area contributed by atoms with Crippen LogP contribution in [0, 0.1) is 23.3 Å². The number of halogens is 4. The van der Waals surface area contributed by atoms with Gasteiger partial charge in [-0.05, 0) is 25.3 Å². The summed E-state index contributed by atoms with van der Waals surface area (Å²) >= 11 is 0.382. The van der Waals surface area contributed by atoms with Gasteiger partial charge in [-0.15, -0.1) is 0 Å². The van der Waals surface area contributed by atoms with E-state index in [9.17, 15) is 22.4 Å². The minimum Gasteiger partial charge on any atom is -0.462 e. The Kier molecular flexibility index (Phi) is 6.69. The third-order valence-corrected chi connectivity index (χ3v) is 3.35. The molecule has 0 unspecified atom stereocenters. The molecule has 22 heavy (non-hydrogen) atoms. The van der Waals surface area contributed by atoms with Gasteiger partial charge >= 0.3 is 5.97 Å². The van der Waals surface area contributed by atoms with Gasteiger partial charge < -0.3 is 10.5 Å². The van der Waals surface area contributed by atoms with Crippen molar-refractivity contribution in [2.24, 2.45) is 0 Å². The zero-order valence-electron chi connectivity index (χ0n) is 11.6. The standard InChI is InChI=1S/C13H14F4N2O2S/c1-6(2)13(20)21-5-3-4-19-22-12-9(16)7(14)11(18)8(15)10(12)17/h19H,1,3-5,18H2,2H3. The second-order valence-corrected chi connectivity index (χ2v) is 5.17. The first kappa shape index (κ1) is 18.3. The number of nitrogens with two attached hydrogens (primary N) is 1. The molecule has 0 atom stereocenters. The summed E-state index contributed by atoms with van der Waals surface area (Å²) in [7, 11) is 0. The molecule has 3 N–H and O–H groups in total. The number of esters is 1. The highest BCUT2D eigenvalue weighted by molar-refractivity contribution is 7.97. The molecule has 0 heterocycles. The van der Waals surface area contributed by atoms with Crippen molar-refractivity contribution in [1.82, 2.24) is 4.72 Å². The van der Waals surface area contributed by atoms with E-state index in [0.29, 0.717) is 18.4 Å². The number of benzene rings is 1. The SMILES string of the molecule is C=C(C)C(=O)OCCCNSc1c(F)c(F)c(N)c(F)c1F. The molecule has 9 heteroatoms. The van der Waals surface area contributed by atoms with Gasteiger partial charge in [0.25, 0.3) is 0 Å². The lowest BCUT2D eigenvalue weighted by Crippen LogP contribution is -2.13. The molecule has 4 nitrogen and oxygen atoms in total. The van der Waals surface area contributed by atoms with Crippen molar-refractivity contribution in [1.29, 1.82) is 0 Å². The zero-order valence-corrected chi connectivity index (χ0v) is 12.5. The number of hydrogen-bond acceptors (Lipinski definition) is 5. The molecule has 0 amide bonds. The highest BCUT2D eigenvalue weighted by atomic mass is 32.2. The number of hydrogen-bond donors (Lipinski definition) is 2. The van der Waals surface area contributed by atoms with Gasteiger partial charge in [0, 0.05) is 12.1 Å². The highest BCUT2D eigenvalue weighted by Gasteiger charge is 2.24. The summed E-state index contributed by atoms with van der Waals surface area (Å²) in [5.74, 6) is -6.96. The Bertz CT molecular complexity index is 567. The Balaban J connectivity index is 2.50. The molecule has 122 valence electrons. The van der Waals surface area contributed by atoms with Gasteiger partial charge in [0.2, 0.25) is 0 Å². The van der Waals surface area contributed by atoms with Crippen LogP contribution in [0.4, 0.5) is 23.2 Å². The second-order valence-electron chi connectivity index (χ2n) is 4.26. The molecule has 0 bridgehead atoms. The van der Waals surface area contributed by atoms with Crippen molar-refractivity contribution in [2.75, 3.05) is 18.9 Å². The maximum Gasteiger partial charge on any atom is 0.333 e. The van der Waals surface area contributed by atoms with Crippen LogP contribution in [-0.4, -0.2) is 19.1 Å². The Labute approximate surface area is 128 Å². The molecule has 0 aliphatic carbocycles. The van der Waals surface area contributed by atoms with E-state index in [1.165, 1.54) is 6.92 Å². The molecule has 1 rings (SSSR count). The fourth-order valence-corrected chi connectivity index (χ4v) is 2.02. The van der Waals surface area contributed by atoms with E-state index in [1.54, 1.807) is 0 Å². The number of nitrogen functional groups attached to an aromatic ring is 1. The van der Waals surface area contributed by atoms with Crippen LogP contribution < -0.4 is 10.5 Å². The summed E-state index contributed by atoms with van der Waals surface area (Å²) in [5.41, 5.74) is 3.93. The fraction of sp³-hybridized carbons (Fsp3) is 0.308. The monoisotopic (exact) mass is 338 g/mol. The van der Waals surface area contributed by atoms with Crippen molar-refractivity contribution < 1.29 is 27.1 Å². The molecule has 0 fully saturated rings. The molecular weight excluding hydrogens is 324 g/mol. The van der Waals surface area contributed by atoms with Gasteiger partial charge in [0.15, 0.2) is 23.3 Å². The Morgan fingerprint density at radius 2 is 1.77 bits per heavy atom. The summed E-state index contributed by atoms with van der Waals surface area (Å²) in [4.78, 5) is 10.2. The Morgan fingerprint density at radius 3 is 2.27 bits per heavy atom. The van der Waals surface area contributed by atoms with Crippen LogP contribution in [-0.2, 0) is 9.53 Å². The van der Waals surface area contributed by atoms with Crippen LogP contribution in [0.15, 0.2) is 17.0 Å². The van der Waals surface area contributed by atoms with Crippen LogP contribution >= 0.6 is 11.9 Å². The number of nitrogens with one attached hydrogen (secondary N) is 1. The lowest BCUT2D eigenvalue weighted by molar-refractivity contribution is -0.138. The summed E-state index contributed by atoms with van der Waals surface area (Å²) in [6.07, 6.45) is 0.329. The first-order chi connectivity index (χ1) is 10.3. The van der Waals surface area contributed by atoms with E-state index in [0.717, 1.165) is 0 Å². The predicted octanol–water partition coefficient (Wildman–Crippen LogP) is 2.93. The first-order valence-corrected chi connectivity index (χ1v) is 6.92. The quantitative estimate of drug-likeness (QED) is 0.152. The molecule has 0 saturated heterocycles. The third kappa shape index (κ3) is 4.38. The smallest absolute Gasteiger partial charge is 0.333 e. The van der Waals surface area contributed by atoms with E-state index in [2.05, 4.69) is 11.3 Å². The van der Waals surface area contributed by atoms with E-state index >= 15 is 0 Å². The predicted molar refractivity (Wildman–Crippen MR) is 74.9 cm³/mol. The number of carbonyl (C=O) groups excluding carboxylic acids is 1. The highest BCUT2D eigenvalue weighted by Crippen LogP contribution is 2.31. The van der Waals surface area contributed by atoms with Crippen LogP contribution in [0.25, 0.3) is 0 Å². The maximum atomic E-state index is 13.5. The van der Waals surface area contributed by atoms with Crippen molar-refractivity contribution in [3.63, 3.8) is 0 Å². The van der Waals surface area contributed by atoms with Crippen molar-refractivity contribution >= 4 is 23.6 Å². The van der Waals surface area contributed by atoms with Gasteiger partial charge in [-0.3, -0.25) is 4.72 Å². The lowest BCUT2D eigenvalue weighted by atomic mass is 10.2. The molecule has 0 aromatic heterocycles. The van der Waals surface area contributed by atoms with Crippen LogP contribution in [0.1, 0.15) is 13.3 Å². The minimum absolute atomic E-state index is 0.0642. The van der Waals surface area contributed by atoms with Crippen molar-refractivity contribution in [3.05, 3.63) is 35.4 Å². The second kappa shape index (κ2) is 8.04. The molecule has 1 aromatic carbocycles. The number of rotatable bonds is 7. The largest absolute Gasteiger partial charge is 0.462 e. The van der Waals surface area contributed by atoms with Gasteiger partial charge in [0.1, 0.15) is 10.6 Å². The average molecular weight is 338 g/mol. The van der Waals surface area contributed by atoms with Crippen LogP contribution in [0.2, 0.25) is 0 Å². The normalized spacial score (nSPS) is 10.6. The number of anilines is 1. The third-order valence-electron chi connectivity index (χ3n) is 2.44. The summed E-state index contributed by atoms with van der Waals surface area (Å²) in [5, 5.41) is 0. The van der Waals surface area contributed by atoms with E-state index in [4.69, 9.17) is 10.5 Å². The topological polar surface area (TPSA) is 64.3 Å². The van der Waals surface area contributed by atoms with Gasteiger partial charge in [-0.25, -0.2) is 22.4 Å². The molecule has 0 saturated carbocycles. The van der Waals surface area contributed by atoms with E-state index in [1.807, 2.05) is 0 Å². The fourth-order valence-electron chi connectivity index (χ4n) is 1.27. The molecule has 0 aliphatic heterocycles. The minimum atomic E-state index is -1.64. The lowest BCUT2D eigenvalue weighted by Gasteiger charge is -2.10. The van der Waals surface area contributed by atoms with E-state index in [-0.39, 0.29) is 18.7 Å².